The Labute approximate surface area is 64.0 Å². The number of hydrogen-bond acceptors (Lipinski definition) is 2. The molecule has 0 N–H and O–H groups in total. The van der Waals surface area contributed by atoms with E-state index >= 15 is 0 Å². The summed E-state index contributed by atoms with van der Waals surface area (Å²) in [4.78, 5) is 0. The summed E-state index contributed by atoms with van der Waals surface area (Å²) in [6, 6.07) is 0. The van der Waals surface area contributed by atoms with Crippen molar-refractivity contribution in [3.05, 3.63) is 0 Å². The van der Waals surface area contributed by atoms with Gasteiger partial charge >= 0.3 is 63.8 Å². The average Bonchev–Trinajstić information content (AvgIpc) is 1.86. The molecule has 0 bridgehead atoms. The predicted molar refractivity (Wildman–Crippen MR) is 46.0 cm³/mol. The molecule has 8 heteroatoms. The van der Waals surface area contributed by atoms with E-state index in [1.807, 2.05) is 0 Å². The first-order valence-electron chi connectivity index (χ1n) is 1.66. The molecule has 1 aliphatic rings. The first-order chi connectivity index (χ1) is 3.63. The van der Waals surface area contributed by atoms with E-state index in [0.717, 1.165) is 0 Å². The average molecular weight is 229 g/mol. The fourth-order valence-corrected chi connectivity index (χ4v) is 8.98. The SMILES string of the molecule is Cl[PH]1=NP=N[PH]1(Cl)Cl. The van der Waals surface area contributed by atoms with Crippen molar-refractivity contribution in [2.24, 2.45) is 9.03 Å². The Hall–Kier alpha value is 1.63. The first kappa shape index (κ1) is 7.73. The molecule has 0 fully saturated rings. The molecule has 0 aromatic carbocycles. The molecular weight excluding hydrogens is 227 g/mol. The van der Waals surface area contributed by atoms with Crippen LogP contribution in [0.5, 0.6) is 0 Å². The van der Waals surface area contributed by atoms with Crippen molar-refractivity contribution in [1.82, 2.24) is 0 Å². The van der Waals surface area contributed by atoms with Crippen LogP contribution in [0.15, 0.2) is 9.03 Å². The van der Waals surface area contributed by atoms with Gasteiger partial charge in [-0.1, -0.05) is 0 Å². The Morgan fingerprint density at radius 3 is 2.25 bits per heavy atom. The summed E-state index contributed by atoms with van der Waals surface area (Å²) in [7, 11) is 0.626. The van der Waals surface area contributed by atoms with E-state index in [1.54, 1.807) is 0 Å². The normalized spacial score (nSPS) is 38.6. The van der Waals surface area contributed by atoms with Crippen LogP contribution >= 0.6 is 54.8 Å². The van der Waals surface area contributed by atoms with E-state index in [4.69, 9.17) is 33.7 Å². The second kappa shape index (κ2) is 2.70. The van der Waals surface area contributed by atoms with Gasteiger partial charge in [0.1, 0.15) is 0 Å². The summed E-state index contributed by atoms with van der Waals surface area (Å²) in [5.74, 6) is -2.39. The summed E-state index contributed by atoms with van der Waals surface area (Å²) < 4.78 is 7.70. The van der Waals surface area contributed by atoms with Crippen molar-refractivity contribution >= 4 is 54.8 Å². The number of hydrogen-bond donors (Lipinski definition) is 0. The van der Waals surface area contributed by atoms with Gasteiger partial charge in [-0.25, -0.2) is 0 Å². The summed E-state index contributed by atoms with van der Waals surface area (Å²) in [6.07, 6.45) is 0. The molecule has 0 amide bonds. The summed E-state index contributed by atoms with van der Waals surface area (Å²) >= 11 is 17.0. The van der Waals surface area contributed by atoms with Gasteiger partial charge in [0.05, 0.1) is 0 Å². The Balaban J connectivity index is 2.87. The molecule has 0 spiro atoms. The third-order valence-electron chi connectivity index (χ3n) is 0.551. The van der Waals surface area contributed by atoms with Crippen LogP contribution in [0.1, 0.15) is 0 Å². The second-order valence-corrected chi connectivity index (χ2v) is 15.9. The molecule has 0 aromatic heterocycles. The van der Waals surface area contributed by atoms with E-state index < -0.39 is 12.6 Å². The van der Waals surface area contributed by atoms with E-state index in [2.05, 4.69) is 9.03 Å². The van der Waals surface area contributed by atoms with Gasteiger partial charge in [0, 0.05) is 0 Å². The molecule has 1 heterocycles. The van der Waals surface area contributed by atoms with Gasteiger partial charge in [0.25, 0.3) is 0 Å². The zero-order valence-electron chi connectivity index (χ0n) is 3.48. The van der Waals surface area contributed by atoms with Crippen molar-refractivity contribution in [3.8, 4) is 0 Å². The molecule has 1 aliphatic heterocycles. The fourth-order valence-electron chi connectivity index (χ4n) is 0.219. The summed E-state index contributed by atoms with van der Waals surface area (Å²) in [6.45, 7) is -1.35. The fraction of sp³-hybridized carbons (Fsp3) is 0. The molecule has 1 atom stereocenters. The van der Waals surface area contributed by atoms with Crippen LogP contribution in [-0.4, -0.2) is 0 Å². The van der Waals surface area contributed by atoms with Gasteiger partial charge in [0.15, 0.2) is 0 Å². The van der Waals surface area contributed by atoms with E-state index in [1.165, 1.54) is 0 Å². The van der Waals surface area contributed by atoms with Crippen molar-refractivity contribution in [1.29, 1.82) is 0 Å². The molecule has 1 rings (SSSR count). The van der Waals surface area contributed by atoms with E-state index in [-0.39, 0.29) is 0 Å². The molecule has 2 nitrogen and oxygen atoms in total. The van der Waals surface area contributed by atoms with Gasteiger partial charge < -0.3 is 0 Å². The van der Waals surface area contributed by atoms with E-state index in [9.17, 15) is 0 Å². The Morgan fingerprint density at radius 2 is 2.12 bits per heavy atom. The van der Waals surface area contributed by atoms with Crippen LogP contribution in [0.25, 0.3) is 0 Å². The van der Waals surface area contributed by atoms with Gasteiger partial charge in [-0.3, -0.25) is 0 Å². The van der Waals surface area contributed by atoms with Gasteiger partial charge in [0.2, 0.25) is 0 Å². The van der Waals surface area contributed by atoms with Crippen LogP contribution in [0.2, 0.25) is 0 Å². The van der Waals surface area contributed by atoms with E-state index in [0.29, 0.717) is 8.52 Å². The van der Waals surface area contributed by atoms with Crippen LogP contribution < -0.4 is 0 Å². The standard InChI is InChI=1S/Cl3H2N2P3/c1-7-4-6-5-8(7,2)3/h7-8H. The quantitative estimate of drug-likeness (QED) is 0.547. The first-order valence-corrected chi connectivity index (χ1v) is 9.89. The maximum absolute atomic E-state index is 5.67. The zero-order chi connectivity index (χ0) is 6.20. The third-order valence-corrected chi connectivity index (χ3v) is 16.2. The molecule has 0 aliphatic carbocycles. The van der Waals surface area contributed by atoms with Crippen LogP contribution in [0.4, 0.5) is 0 Å². The van der Waals surface area contributed by atoms with Crippen LogP contribution in [-0.2, 0) is 0 Å². The Kier molecular flexibility index (Phi) is 2.61. The molecule has 1 unspecified atom stereocenters. The number of halogens is 3. The van der Waals surface area contributed by atoms with Gasteiger partial charge in [-0.05, 0) is 0 Å². The van der Waals surface area contributed by atoms with Crippen molar-refractivity contribution < 1.29 is 0 Å². The van der Waals surface area contributed by atoms with Crippen molar-refractivity contribution in [2.45, 2.75) is 0 Å². The monoisotopic (exact) mass is 228 g/mol. The molecular formula is H2Cl3N2P3. The topological polar surface area (TPSA) is 24.7 Å². The second-order valence-electron chi connectivity index (χ2n) is 1.12. The molecule has 0 saturated heterocycles. The third kappa shape index (κ3) is 1.57. The Bertz CT molecular complexity index is 160. The molecule has 0 saturated carbocycles. The number of nitrogens with zero attached hydrogens (tertiary/aromatic N) is 2. The Morgan fingerprint density at radius 1 is 1.50 bits per heavy atom. The summed E-state index contributed by atoms with van der Waals surface area (Å²) in [5.41, 5.74) is 0. The molecule has 0 aromatic rings. The minimum absolute atomic E-state index is 0.626. The molecule has 48 valence electrons. The number of rotatable bonds is 0. The van der Waals surface area contributed by atoms with Crippen molar-refractivity contribution in [2.75, 3.05) is 0 Å². The predicted octanol–water partition coefficient (Wildman–Crippen LogP) is 4.48. The van der Waals surface area contributed by atoms with Crippen molar-refractivity contribution in [3.63, 3.8) is 0 Å². The summed E-state index contributed by atoms with van der Waals surface area (Å²) in [5, 5.41) is 0. The molecule has 0 radical (unpaired) electrons. The van der Waals surface area contributed by atoms with Gasteiger partial charge in [-0.15, -0.1) is 0 Å². The molecule has 8 heavy (non-hydrogen) atoms. The zero-order valence-corrected chi connectivity index (χ0v) is 8.64. The van der Waals surface area contributed by atoms with Gasteiger partial charge in [-0.2, -0.15) is 0 Å². The van der Waals surface area contributed by atoms with Crippen LogP contribution in [0.3, 0.4) is 0 Å². The minimum atomic E-state index is -2.39. The van der Waals surface area contributed by atoms with Crippen LogP contribution in [0, 0.1) is 0 Å². The maximum atomic E-state index is 5.67.